The molecule has 0 amide bonds. The van der Waals surface area contributed by atoms with E-state index in [1.165, 1.54) is 0 Å². The van der Waals surface area contributed by atoms with E-state index < -0.39 is 0 Å². The van der Waals surface area contributed by atoms with Crippen LogP contribution in [0.1, 0.15) is 34.1 Å². The minimum absolute atomic E-state index is 0.263. The van der Waals surface area contributed by atoms with Crippen LogP contribution >= 0.6 is 0 Å². The lowest BCUT2D eigenvalue weighted by molar-refractivity contribution is -0.112. The summed E-state index contributed by atoms with van der Waals surface area (Å²) < 4.78 is 12.1. The van der Waals surface area contributed by atoms with Crippen LogP contribution in [0.4, 0.5) is 0 Å². The Hall–Kier alpha value is -1.18. The van der Waals surface area contributed by atoms with Crippen LogP contribution in [-0.4, -0.2) is 11.2 Å². The van der Waals surface area contributed by atoms with Crippen LogP contribution in [0.2, 0.25) is 0 Å². The first-order chi connectivity index (χ1) is 6.98. The molecule has 1 heterocycles. The van der Waals surface area contributed by atoms with Crippen molar-refractivity contribution in [1.82, 2.24) is 0 Å². The van der Waals surface area contributed by atoms with Crippen LogP contribution in [0, 0.1) is 0 Å². The number of fused-ring (bicyclic) bond motifs is 1. The lowest BCUT2D eigenvalue weighted by Gasteiger charge is -2.47. The van der Waals surface area contributed by atoms with E-state index in [0.717, 1.165) is 17.9 Å². The average molecular weight is 206 g/mol. The third kappa shape index (κ3) is 1.48. The minimum atomic E-state index is -0.296. The number of para-hydroxylation sites is 2. The monoisotopic (exact) mass is 206 g/mol. The van der Waals surface area contributed by atoms with Crippen LogP contribution in [0.15, 0.2) is 24.3 Å². The fourth-order valence-corrected chi connectivity index (χ4v) is 1.87. The third-order valence-corrected chi connectivity index (χ3v) is 3.50. The number of benzene rings is 1. The van der Waals surface area contributed by atoms with Gasteiger partial charge in [0.15, 0.2) is 11.5 Å². The molecule has 0 aromatic heterocycles. The number of hydrogen-bond donors (Lipinski definition) is 0. The molecule has 1 unspecified atom stereocenters. The summed E-state index contributed by atoms with van der Waals surface area (Å²) in [6, 6.07) is 7.84. The SMILES string of the molecule is CCC1(C)Oc2ccccc2OC1(C)C. The Bertz CT molecular complexity index is 371. The van der Waals surface area contributed by atoms with E-state index in [2.05, 4.69) is 27.7 Å². The molecule has 2 heteroatoms. The van der Waals surface area contributed by atoms with E-state index in [1.807, 2.05) is 24.3 Å². The summed E-state index contributed by atoms with van der Waals surface area (Å²) in [6.07, 6.45) is 0.925. The van der Waals surface area contributed by atoms with Gasteiger partial charge < -0.3 is 9.47 Å². The van der Waals surface area contributed by atoms with Crippen molar-refractivity contribution in [2.75, 3.05) is 0 Å². The maximum Gasteiger partial charge on any atom is 0.162 e. The summed E-state index contributed by atoms with van der Waals surface area (Å²) in [6.45, 7) is 8.38. The van der Waals surface area contributed by atoms with E-state index in [0.29, 0.717) is 0 Å². The summed E-state index contributed by atoms with van der Waals surface area (Å²) >= 11 is 0. The van der Waals surface area contributed by atoms with Gasteiger partial charge in [-0.1, -0.05) is 19.1 Å². The molecule has 82 valence electrons. The Morgan fingerprint density at radius 2 is 1.53 bits per heavy atom. The molecule has 15 heavy (non-hydrogen) atoms. The molecule has 0 saturated carbocycles. The second kappa shape index (κ2) is 3.16. The van der Waals surface area contributed by atoms with Crippen molar-refractivity contribution < 1.29 is 9.47 Å². The standard InChI is InChI=1S/C13H18O2/c1-5-13(4)12(2,3)14-10-8-6-7-9-11(10)15-13/h6-9H,5H2,1-4H3. The van der Waals surface area contributed by atoms with E-state index in [-0.39, 0.29) is 11.2 Å². The van der Waals surface area contributed by atoms with Gasteiger partial charge in [-0.15, -0.1) is 0 Å². The van der Waals surface area contributed by atoms with Crippen LogP contribution in [0.3, 0.4) is 0 Å². The van der Waals surface area contributed by atoms with Gasteiger partial charge in [0.05, 0.1) is 0 Å². The number of hydrogen-bond acceptors (Lipinski definition) is 2. The Morgan fingerprint density at radius 3 is 2.07 bits per heavy atom. The van der Waals surface area contributed by atoms with Crippen molar-refractivity contribution in [2.45, 2.75) is 45.3 Å². The van der Waals surface area contributed by atoms with Crippen molar-refractivity contribution >= 4 is 0 Å². The lowest BCUT2D eigenvalue weighted by Crippen LogP contribution is -2.57. The third-order valence-electron chi connectivity index (χ3n) is 3.50. The van der Waals surface area contributed by atoms with Crippen molar-refractivity contribution in [3.8, 4) is 11.5 Å². The van der Waals surface area contributed by atoms with E-state index in [9.17, 15) is 0 Å². The van der Waals surface area contributed by atoms with Gasteiger partial charge in [0, 0.05) is 0 Å². The summed E-state index contributed by atoms with van der Waals surface area (Å²) in [5.41, 5.74) is -0.558. The summed E-state index contributed by atoms with van der Waals surface area (Å²) in [7, 11) is 0. The van der Waals surface area contributed by atoms with Gasteiger partial charge in [0.1, 0.15) is 11.2 Å². The average Bonchev–Trinajstić information content (AvgIpc) is 2.19. The molecule has 2 rings (SSSR count). The summed E-state index contributed by atoms with van der Waals surface area (Å²) in [5, 5.41) is 0. The normalized spacial score (nSPS) is 27.5. The zero-order valence-electron chi connectivity index (χ0n) is 9.83. The van der Waals surface area contributed by atoms with Gasteiger partial charge in [-0.25, -0.2) is 0 Å². The zero-order valence-corrected chi connectivity index (χ0v) is 9.83. The quantitative estimate of drug-likeness (QED) is 0.701. The Balaban J connectivity index is 2.45. The topological polar surface area (TPSA) is 18.5 Å². The second-order valence-corrected chi connectivity index (χ2v) is 4.75. The molecule has 1 aliphatic rings. The fourth-order valence-electron chi connectivity index (χ4n) is 1.87. The van der Waals surface area contributed by atoms with Gasteiger partial charge in [0.25, 0.3) is 0 Å². The largest absolute Gasteiger partial charge is 0.480 e. The Kier molecular flexibility index (Phi) is 2.18. The molecule has 1 atom stereocenters. The highest BCUT2D eigenvalue weighted by Crippen LogP contribution is 2.44. The van der Waals surface area contributed by atoms with Crippen LogP contribution < -0.4 is 9.47 Å². The van der Waals surface area contributed by atoms with Crippen molar-refractivity contribution in [1.29, 1.82) is 0 Å². The molecule has 0 fully saturated rings. The molecule has 0 radical (unpaired) electrons. The molecule has 0 saturated heterocycles. The summed E-state index contributed by atoms with van der Waals surface area (Å²) in [4.78, 5) is 0. The van der Waals surface area contributed by atoms with Crippen LogP contribution in [0.5, 0.6) is 11.5 Å². The van der Waals surface area contributed by atoms with Crippen molar-refractivity contribution in [3.05, 3.63) is 24.3 Å². The molecule has 0 aliphatic carbocycles. The molecule has 1 aliphatic heterocycles. The predicted molar refractivity (Wildman–Crippen MR) is 60.5 cm³/mol. The van der Waals surface area contributed by atoms with Gasteiger partial charge in [-0.2, -0.15) is 0 Å². The smallest absolute Gasteiger partial charge is 0.162 e. The highest BCUT2D eigenvalue weighted by atomic mass is 16.6. The molecule has 0 spiro atoms. The molecule has 0 bridgehead atoms. The maximum atomic E-state index is 6.06. The predicted octanol–water partition coefficient (Wildman–Crippen LogP) is 3.41. The fraction of sp³-hybridized carbons (Fsp3) is 0.538. The van der Waals surface area contributed by atoms with Crippen LogP contribution in [-0.2, 0) is 0 Å². The number of rotatable bonds is 1. The Labute approximate surface area is 91.2 Å². The zero-order chi connectivity index (χ0) is 11.1. The van der Waals surface area contributed by atoms with Gasteiger partial charge in [-0.3, -0.25) is 0 Å². The summed E-state index contributed by atoms with van der Waals surface area (Å²) in [5.74, 6) is 1.69. The van der Waals surface area contributed by atoms with Crippen molar-refractivity contribution in [3.63, 3.8) is 0 Å². The first-order valence-electron chi connectivity index (χ1n) is 5.45. The lowest BCUT2D eigenvalue weighted by atomic mass is 9.84. The number of ether oxygens (including phenoxy) is 2. The van der Waals surface area contributed by atoms with Crippen LogP contribution in [0.25, 0.3) is 0 Å². The molecule has 0 N–H and O–H groups in total. The first kappa shape index (κ1) is 10.3. The maximum absolute atomic E-state index is 6.06. The molecular weight excluding hydrogens is 188 g/mol. The second-order valence-electron chi connectivity index (χ2n) is 4.75. The highest BCUT2D eigenvalue weighted by molar-refractivity contribution is 5.42. The Morgan fingerprint density at radius 1 is 1.00 bits per heavy atom. The van der Waals surface area contributed by atoms with Gasteiger partial charge in [-0.05, 0) is 39.3 Å². The van der Waals surface area contributed by atoms with Gasteiger partial charge in [0.2, 0.25) is 0 Å². The molecule has 1 aromatic carbocycles. The highest BCUT2D eigenvalue weighted by Gasteiger charge is 2.47. The molecule has 2 nitrogen and oxygen atoms in total. The molecule has 1 aromatic rings. The minimum Gasteiger partial charge on any atom is -0.480 e. The van der Waals surface area contributed by atoms with Crippen molar-refractivity contribution in [2.24, 2.45) is 0 Å². The molecular formula is C13H18O2. The van der Waals surface area contributed by atoms with E-state index >= 15 is 0 Å². The van der Waals surface area contributed by atoms with E-state index in [4.69, 9.17) is 9.47 Å². The first-order valence-corrected chi connectivity index (χ1v) is 5.45. The van der Waals surface area contributed by atoms with Gasteiger partial charge >= 0.3 is 0 Å². The van der Waals surface area contributed by atoms with E-state index in [1.54, 1.807) is 0 Å².